The minimum atomic E-state index is -0.110. The van der Waals surface area contributed by atoms with Crippen molar-refractivity contribution in [3.05, 3.63) is 64.7 Å². The number of aryl methyl sites for hydroxylation is 1. The maximum Gasteiger partial charge on any atom is 0.127 e. The average molecular weight is 284 g/mol. The van der Waals surface area contributed by atoms with Crippen LogP contribution in [-0.4, -0.2) is 11.0 Å². The molecule has 3 rings (SSSR count). The molecule has 0 amide bonds. The fourth-order valence-corrected chi connectivity index (χ4v) is 3.00. The Balaban J connectivity index is 1.84. The van der Waals surface area contributed by atoms with Crippen molar-refractivity contribution in [2.75, 3.05) is 0 Å². The second kappa shape index (κ2) is 5.94. The molecule has 1 N–H and O–H groups in total. The summed E-state index contributed by atoms with van der Waals surface area (Å²) in [5.74, 6) is -0.00475. The second-order valence-corrected chi connectivity index (χ2v) is 6.03. The van der Waals surface area contributed by atoms with E-state index in [1.54, 1.807) is 12.3 Å². The van der Waals surface area contributed by atoms with Crippen LogP contribution in [0.3, 0.4) is 0 Å². The van der Waals surface area contributed by atoms with Crippen molar-refractivity contribution in [1.29, 1.82) is 0 Å². The molecule has 0 saturated carbocycles. The minimum absolute atomic E-state index is 0.105. The molecule has 110 valence electrons. The average Bonchev–Trinajstić information content (AvgIpc) is 2.89. The first-order chi connectivity index (χ1) is 10.1. The van der Waals surface area contributed by atoms with Gasteiger partial charge in [0.25, 0.3) is 0 Å². The molecule has 2 aromatic rings. The Morgan fingerprint density at radius 1 is 1.33 bits per heavy atom. The topological polar surface area (TPSA) is 24.9 Å². The molecule has 1 aliphatic rings. The molecule has 1 aliphatic carbocycles. The van der Waals surface area contributed by atoms with Gasteiger partial charge in [-0.3, -0.25) is 4.98 Å². The SMILES string of the molecule is CC(C)NCc1ccc(C2CCc3cccnc32)c(F)c1. The van der Waals surface area contributed by atoms with Gasteiger partial charge in [0.2, 0.25) is 0 Å². The summed E-state index contributed by atoms with van der Waals surface area (Å²) in [4.78, 5) is 4.46. The van der Waals surface area contributed by atoms with Crippen LogP contribution in [-0.2, 0) is 13.0 Å². The number of nitrogens with one attached hydrogen (secondary N) is 1. The van der Waals surface area contributed by atoms with E-state index in [2.05, 4.69) is 30.2 Å². The number of rotatable bonds is 4. The Morgan fingerprint density at radius 3 is 2.95 bits per heavy atom. The van der Waals surface area contributed by atoms with Gasteiger partial charge in [-0.15, -0.1) is 0 Å². The maximum atomic E-state index is 14.5. The van der Waals surface area contributed by atoms with Crippen molar-refractivity contribution in [2.24, 2.45) is 0 Å². The summed E-state index contributed by atoms with van der Waals surface area (Å²) in [6.45, 7) is 4.88. The summed E-state index contributed by atoms with van der Waals surface area (Å²) in [7, 11) is 0. The Hall–Kier alpha value is -1.74. The molecule has 0 saturated heterocycles. The van der Waals surface area contributed by atoms with Crippen LogP contribution in [0.5, 0.6) is 0 Å². The Morgan fingerprint density at radius 2 is 2.19 bits per heavy atom. The van der Waals surface area contributed by atoms with Crippen molar-refractivity contribution < 1.29 is 4.39 Å². The summed E-state index contributed by atoms with van der Waals surface area (Å²) in [6.07, 6.45) is 3.74. The summed E-state index contributed by atoms with van der Waals surface area (Å²) in [6, 6.07) is 10.1. The third-order valence-corrected chi connectivity index (χ3v) is 4.11. The van der Waals surface area contributed by atoms with Gasteiger partial charge in [-0.2, -0.15) is 0 Å². The largest absolute Gasteiger partial charge is 0.310 e. The zero-order chi connectivity index (χ0) is 14.8. The number of halogens is 1. The summed E-state index contributed by atoms with van der Waals surface area (Å²) in [5.41, 5.74) is 4.07. The van der Waals surface area contributed by atoms with Gasteiger partial charge in [0.05, 0.1) is 5.69 Å². The van der Waals surface area contributed by atoms with E-state index in [0.717, 1.165) is 29.7 Å². The van der Waals surface area contributed by atoms with Crippen LogP contribution in [0.1, 0.15) is 48.6 Å². The van der Waals surface area contributed by atoms with Crippen LogP contribution >= 0.6 is 0 Å². The molecule has 0 fully saturated rings. The molecule has 2 nitrogen and oxygen atoms in total. The van der Waals surface area contributed by atoms with E-state index < -0.39 is 0 Å². The molecule has 0 bridgehead atoms. The highest BCUT2D eigenvalue weighted by Gasteiger charge is 2.27. The standard InChI is InChI=1S/C18H21FN2/c1-12(2)21-11-13-5-7-15(17(19)10-13)16-8-6-14-4-3-9-20-18(14)16/h3-5,7,9-10,12,16,21H,6,8,11H2,1-2H3. The normalized spacial score (nSPS) is 17.2. The van der Waals surface area contributed by atoms with Crippen LogP contribution in [0.25, 0.3) is 0 Å². The number of pyridine rings is 1. The molecule has 1 aromatic carbocycles. The molecule has 1 heterocycles. The Labute approximate surface area is 125 Å². The van der Waals surface area contributed by atoms with E-state index in [4.69, 9.17) is 0 Å². The van der Waals surface area contributed by atoms with Crippen molar-refractivity contribution in [3.8, 4) is 0 Å². The number of hydrogen-bond donors (Lipinski definition) is 1. The first kappa shape index (κ1) is 14.2. The summed E-state index contributed by atoms with van der Waals surface area (Å²) < 4.78 is 14.5. The number of aromatic nitrogens is 1. The lowest BCUT2D eigenvalue weighted by molar-refractivity contribution is 0.571. The zero-order valence-corrected chi connectivity index (χ0v) is 12.6. The quantitative estimate of drug-likeness (QED) is 0.924. The molecular weight excluding hydrogens is 263 g/mol. The van der Waals surface area contributed by atoms with Crippen molar-refractivity contribution >= 4 is 0 Å². The van der Waals surface area contributed by atoms with Gasteiger partial charge in [0.1, 0.15) is 5.82 Å². The van der Waals surface area contributed by atoms with Crippen LogP contribution in [0.4, 0.5) is 4.39 Å². The molecule has 3 heteroatoms. The number of hydrogen-bond acceptors (Lipinski definition) is 2. The highest BCUT2D eigenvalue weighted by molar-refractivity contribution is 5.39. The fourth-order valence-electron chi connectivity index (χ4n) is 3.00. The van der Waals surface area contributed by atoms with Gasteiger partial charge in [0, 0.05) is 24.7 Å². The lowest BCUT2D eigenvalue weighted by Gasteiger charge is -2.14. The molecule has 21 heavy (non-hydrogen) atoms. The highest BCUT2D eigenvalue weighted by Crippen LogP contribution is 2.37. The first-order valence-corrected chi connectivity index (χ1v) is 7.60. The predicted molar refractivity (Wildman–Crippen MR) is 82.8 cm³/mol. The van der Waals surface area contributed by atoms with Gasteiger partial charge in [-0.05, 0) is 41.7 Å². The van der Waals surface area contributed by atoms with Gasteiger partial charge >= 0.3 is 0 Å². The summed E-state index contributed by atoms with van der Waals surface area (Å²) >= 11 is 0. The van der Waals surface area contributed by atoms with Crippen LogP contribution < -0.4 is 5.32 Å². The van der Waals surface area contributed by atoms with Gasteiger partial charge in [0.15, 0.2) is 0 Å². The van der Waals surface area contributed by atoms with Crippen LogP contribution in [0, 0.1) is 5.82 Å². The first-order valence-electron chi connectivity index (χ1n) is 7.60. The van der Waals surface area contributed by atoms with Gasteiger partial charge in [-0.25, -0.2) is 4.39 Å². The van der Waals surface area contributed by atoms with Crippen molar-refractivity contribution in [3.63, 3.8) is 0 Å². The Bertz CT molecular complexity index is 637. The monoisotopic (exact) mass is 284 g/mol. The molecule has 1 aromatic heterocycles. The number of fused-ring (bicyclic) bond motifs is 1. The van der Waals surface area contributed by atoms with Crippen LogP contribution in [0.2, 0.25) is 0 Å². The molecule has 1 unspecified atom stereocenters. The fraction of sp³-hybridized carbons (Fsp3) is 0.389. The predicted octanol–water partition coefficient (Wildman–Crippen LogP) is 3.80. The lowest BCUT2D eigenvalue weighted by Crippen LogP contribution is -2.21. The third kappa shape index (κ3) is 2.98. The smallest absolute Gasteiger partial charge is 0.127 e. The van der Waals surface area contributed by atoms with E-state index in [1.807, 2.05) is 18.2 Å². The second-order valence-electron chi connectivity index (χ2n) is 6.03. The highest BCUT2D eigenvalue weighted by atomic mass is 19.1. The maximum absolute atomic E-state index is 14.5. The van der Waals surface area contributed by atoms with Crippen LogP contribution in [0.15, 0.2) is 36.5 Å². The van der Waals surface area contributed by atoms with Gasteiger partial charge < -0.3 is 5.32 Å². The molecule has 1 atom stereocenters. The van der Waals surface area contributed by atoms with E-state index in [1.165, 1.54) is 5.56 Å². The molecule has 0 aliphatic heterocycles. The lowest BCUT2D eigenvalue weighted by atomic mass is 9.95. The number of benzene rings is 1. The van der Waals surface area contributed by atoms with Crippen molar-refractivity contribution in [2.45, 2.75) is 45.2 Å². The molecular formula is C18H21FN2. The summed E-state index contributed by atoms with van der Waals surface area (Å²) in [5, 5.41) is 3.31. The van der Waals surface area contributed by atoms with E-state index in [0.29, 0.717) is 12.6 Å². The number of nitrogens with zero attached hydrogens (tertiary/aromatic N) is 1. The Kier molecular flexibility index (Phi) is 4.02. The molecule has 0 radical (unpaired) electrons. The van der Waals surface area contributed by atoms with Gasteiger partial charge in [-0.1, -0.05) is 32.0 Å². The van der Waals surface area contributed by atoms with E-state index in [9.17, 15) is 4.39 Å². The van der Waals surface area contributed by atoms with Crippen molar-refractivity contribution in [1.82, 2.24) is 10.3 Å². The minimum Gasteiger partial charge on any atom is -0.310 e. The van der Waals surface area contributed by atoms with E-state index >= 15 is 0 Å². The zero-order valence-electron chi connectivity index (χ0n) is 12.6. The third-order valence-electron chi connectivity index (χ3n) is 4.11. The molecule has 0 spiro atoms. The van der Waals surface area contributed by atoms with E-state index in [-0.39, 0.29) is 11.7 Å².